The quantitative estimate of drug-likeness (QED) is 0.780. The summed E-state index contributed by atoms with van der Waals surface area (Å²) in [4.78, 5) is 0. The first-order valence-corrected chi connectivity index (χ1v) is 9.18. The monoisotopic (exact) mass is 305 g/mol. The van der Waals surface area contributed by atoms with Crippen LogP contribution in [0.1, 0.15) is 52.9 Å². The van der Waals surface area contributed by atoms with Crippen molar-refractivity contribution in [2.45, 2.75) is 52.9 Å². The second kappa shape index (κ2) is 7.73. The molecule has 20 heavy (non-hydrogen) atoms. The third-order valence-electron chi connectivity index (χ3n) is 3.85. The van der Waals surface area contributed by atoms with Crippen LogP contribution in [0, 0.1) is 5.41 Å². The normalized spacial score (nSPS) is 19.2. The zero-order chi connectivity index (χ0) is 15.2. The first-order chi connectivity index (χ1) is 9.33. The Bertz CT molecular complexity index is 374. The van der Waals surface area contributed by atoms with Crippen molar-refractivity contribution in [2.24, 2.45) is 11.1 Å². The first kappa shape index (κ1) is 17.9. The third-order valence-corrected chi connectivity index (χ3v) is 5.83. The van der Waals surface area contributed by atoms with Crippen molar-refractivity contribution in [3.8, 4) is 0 Å². The van der Waals surface area contributed by atoms with Gasteiger partial charge in [-0.2, -0.15) is 17.0 Å². The van der Waals surface area contributed by atoms with Crippen molar-refractivity contribution in [1.29, 1.82) is 0 Å². The van der Waals surface area contributed by atoms with Crippen molar-refractivity contribution in [2.75, 3.05) is 32.7 Å². The second-order valence-electron chi connectivity index (χ2n) is 6.52. The van der Waals surface area contributed by atoms with E-state index in [2.05, 4.69) is 0 Å². The number of hydrogen-bond acceptors (Lipinski definition) is 3. The Balaban J connectivity index is 2.86. The topological polar surface area (TPSA) is 66.6 Å². The number of hydrogen-bond donors (Lipinski definition) is 1. The molecule has 0 atom stereocenters. The second-order valence-corrected chi connectivity index (χ2v) is 8.45. The smallest absolute Gasteiger partial charge is 0.281 e. The minimum absolute atomic E-state index is 0.186. The molecule has 0 aromatic carbocycles. The zero-order valence-corrected chi connectivity index (χ0v) is 14.1. The van der Waals surface area contributed by atoms with E-state index in [1.807, 2.05) is 20.8 Å². The van der Waals surface area contributed by atoms with Gasteiger partial charge in [-0.05, 0) is 31.2 Å². The molecule has 2 N–H and O–H groups in total. The molecule has 1 heterocycles. The number of nitrogens with two attached hydrogens (primary N) is 1. The molecule has 5 nitrogen and oxygen atoms in total. The Kier molecular flexibility index (Phi) is 6.91. The van der Waals surface area contributed by atoms with Gasteiger partial charge in [0, 0.05) is 26.2 Å². The Labute approximate surface area is 124 Å². The predicted molar refractivity (Wildman–Crippen MR) is 83.7 cm³/mol. The molecule has 0 saturated carbocycles. The molecule has 0 aliphatic carbocycles. The van der Waals surface area contributed by atoms with Crippen molar-refractivity contribution in [3.63, 3.8) is 0 Å². The van der Waals surface area contributed by atoms with Crippen molar-refractivity contribution in [1.82, 2.24) is 8.61 Å². The minimum Gasteiger partial charge on any atom is -0.330 e. The average molecular weight is 305 g/mol. The zero-order valence-electron chi connectivity index (χ0n) is 13.3. The lowest BCUT2D eigenvalue weighted by atomic mass is 9.94. The Morgan fingerprint density at radius 3 is 2.15 bits per heavy atom. The van der Waals surface area contributed by atoms with Gasteiger partial charge in [-0.3, -0.25) is 0 Å². The van der Waals surface area contributed by atoms with Crippen LogP contribution in [0.5, 0.6) is 0 Å². The van der Waals surface area contributed by atoms with Crippen LogP contribution in [-0.4, -0.2) is 49.8 Å². The molecule has 0 spiro atoms. The summed E-state index contributed by atoms with van der Waals surface area (Å²) in [7, 11) is -3.34. The highest BCUT2D eigenvalue weighted by molar-refractivity contribution is 7.86. The van der Waals surface area contributed by atoms with Gasteiger partial charge in [0.1, 0.15) is 0 Å². The van der Waals surface area contributed by atoms with E-state index in [-0.39, 0.29) is 5.41 Å². The van der Waals surface area contributed by atoms with Crippen molar-refractivity contribution in [3.05, 3.63) is 0 Å². The molecule has 0 unspecified atom stereocenters. The molecule has 0 aromatic heterocycles. The van der Waals surface area contributed by atoms with Gasteiger partial charge in [-0.25, -0.2) is 0 Å². The SMILES string of the molecule is CCCN(CC(C)(C)CN)S(=O)(=O)N1CCCCCC1. The molecule has 1 aliphatic rings. The summed E-state index contributed by atoms with van der Waals surface area (Å²) < 4.78 is 29.0. The molecule has 0 amide bonds. The highest BCUT2D eigenvalue weighted by Gasteiger charge is 2.33. The summed E-state index contributed by atoms with van der Waals surface area (Å²) >= 11 is 0. The van der Waals surface area contributed by atoms with Crippen LogP contribution in [0.2, 0.25) is 0 Å². The summed E-state index contributed by atoms with van der Waals surface area (Å²) in [6.07, 6.45) is 5.04. The molecule has 0 bridgehead atoms. The van der Waals surface area contributed by atoms with Crippen molar-refractivity contribution < 1.29 is 8.42 Å². The molecule has 1 fully saturated rings. The van der Waals surface area contributed by atoms with E-state index >= 15 is 0 Å². The molecule has 1 rings (SSSR count). The summed E-state index contributed by atoms with van der Waals surface area (Å²) in [6.45, 7) is 8.93. The lowest BCUT2D eigenvalue weighted by molar-refractivity contribution is 0.249. The van der Waals surface area contributed by atoms with Gasteiger partial charge >= 0.3 is 0 Å². The lowest BCUT2D eigenvalue weighted by Gasteiger charge is -2.34. The summed E-state index contributed by atoms with van der Waals surface area (Å²) in [5.41, 5.74) is 5.58. The van der Waals surface area contributed by atoms with E-state index in [0.717, 1.165) is 32.1 Å². The van der Waals surface area contributed by atoms with Crippen LogP contribution in [0.15, 0.2) is 0 Å². The highest BCUT2D eigenvalue weighted by Crippen LogP contribution is 2.22. The Morgan fingerprint density at radius 1 is 1.15 bits per heavy atom. The molecule has 1 aliphatic heterocycles. The van der Waals surface area contributed by atoms with Crippen LogP contribution in [0.3, 0.4) is 0 Å². The molecular formula is C14H31N3O2S. The molecule has 0 aromatic rings. The lowest BCUT2D eigenvalue weighted by Crippen LogP contribution is -2.49. The van der Waals surface area contributed by atoms with Gasteiger partial charge in [0.25, 0.3) is 10.2 Å². The fourth-order valence-electron chi connectivity index (χ4n) is 2.50. The molecular weight excluding hydrogens is 274 g/mol. The van der Waals surface area contributed by atoms with E-state index in [0.29, 0.717) is 32.7 Å². The van der Waals surface area contributed by atoms with Crippen LogP contribution in [0.25, 0.3) is 0 Å². The Morgan fingerprint density at radius 2 is 1.70 bits per heavy atom. The third kappa shape index (κ3) is 4.98. The van der Waals surface area contributed by atoms with E-state index in [1.165, 1.54) is 0 Å². The van der Waals surface area contributed by atoms with Gasteiger partial charge < -0.3 is 5.73 Å². The van der Waals surface area contributed by atoms with E-state index < -0.39 is 10.2 Å². The summed E-state index contributed by atoms with van der Waals surface area (Å²) in [5.74, 6) is 0. The predicted octanol–water partition coefficient (Wildman–Crippen LogP) is 1.80. The van der Waals surface area contributed by atoms with Crippen molar-refractivity contribution >= 4 is 10.2 Å². The maximum atomic E-state index is 12.8. The standard InChI is InChI=1S/C14H31N3O2S/c1-4-9-17(13-14(2,3)12-15)20(18,19)16-10-7-5-6-8-11-16/h4-13,15H2,1-3H3. The minimum atomic E-state index is -3.34. The van der Waals surface area contributed by atoms with Gasteiger partial charge in [-0.15, -0.1) is 0 Å². The molecule has 6 heteroatoms. The van der Waals surface area contributed by atoms with Crippen LogP contribution in [0.4, 0.5) is 0 Å². The average Bonchev–Trinajstić information content (AvgIpc) is 2.67. The van der Waals surface area contributed by atoms with Crippen LogP contribution in [-0.2, 0) is 10.2 Å². The maximum Gasteiger partial charge on any atom is 0.281 e. The summed E-state index contributed by atoms with van der Waals surface area (Å²) in [6, 6.07) is 0. The van der Waals surface area contributed by atoms with Crippen LogP contribution < -0.4 is 5.73 Å². The number of rotatable bonds is 7. The van der Waals surface area contributed by atoms with Crippen LogP contribution >= 0.6 is 0 Å². The fourth-order valence-corrected chi connectivity index (χ4v) is 4.48. The largest absolute Gasteiger partial charge is 0.330 e. The Hall–Kier alpha value is -0.170. The maximum absolute atomic E-state index is 12.8. The van der Waals surface area contributed by atoms with Gasteiger partial charge in [0.2, 0.25) is 0 Å². The highest BCUT2D eigenvalue weighted by atomic mass is 32.2. The fraction of sp³-hybridized carbons (Fsp3) is 1.00. The van der Waals surface area contributed by atoms with Gasteiger partial charge in [0.05, 0.1) is 0 Å². The molecule has 1 saturated heterocycles. The van der Waals surface area contributed by atoms with Gasteiger partial charge in [-0.1, -0.05) is 33.6 Å². The number of nitrogens with zero attached hydrogens (tertiary/aromatic N) is 2. The van der Waals surface area contributed by atoms with E-state index in [9.17, 15) is 8.42 Å². The summed E-state index contributed by atoms with van der Waals surface area (Å²) in [5, 5.41) is 0. The van der Waals surface area contributed by atoms with Gasteiger partial charge in [0.15, 0.2) is 0 Å². The van der Waals surface area contributed by atoms with E-state index in [4.69, 9.17) is 5.73 Å². The molecule has 0 radical (unpaired) electrons. The first-order valence-electron chi connectivity index (χ1n) is 7.79. The van der Waals surface area contributed by atoms with E-state index in [1.54, 1.807) is 8.61 Å². The molecule has 120 valence electrons.